The van der Waals surface area contributed by atoms with E-state index >= 15 is 0 Å². The molecule has 0 aliphatic heterocycles. The van der Waals surface area contributed by atoms with Crippen LogP contribution in [0.2, 0.25) is 0 Å². The number of aromatic hydroxyl groups is 1. The molecule has 3 heteroatoms. The highest BCUT2D eigenvalue weighted by Gasteiger charge is 2.40. The standard InChI is InChI=1S/C22H21NO2/c1-14-13-18(14)22(25)23-21(16-8-3-2-4-9-16)20-17-10-6-5-7-15(17)11-12-19(20)24/h2-12,14,18,21,24H,13H2,1H3,(H,23,25)/t14-,18+,21+/m1/s1. The second-order valence-corrected chi connectivity index (χ2v) is 6.89. The summed E-state index contributed by atoms with van der Waals surface area (Å²) in [7, 11) is 0. The zero-order chi connectivity index (χ0) is 17.4. The van der Waals surface area contributed by atoms with Gasteiger partial charge in [0.05, 0.1) is 6.04 Å². The van der Waals surface area contributed by atoms with Gasteiger partial charge in [0.15, 0.2) is 0 Å². The Hall–Kier alpha value is -2.81. The van der Waals surface area contributed by atoms with Crippen molar-refractivity contribution in [2.45, 2.75) is 19.4 Å². The Balaban J connectivity index is 1.83. The predicted octanol–water partition coefficient (Wildman–Crippen LogP) is 4.41. The molecular formula is C22H21NO2. The number of hydrogen-bond donors (Lipinski definition) is 2. The molecule has 3 aromatic carbocycles. The van der Waals surface area contributed by atoms with Crippen LogP contribution >= 0.6 is 0 Å². The summed E-state index contributed by atoms with van der Waals surface area (Å²) in [6.07, 6.45) is 0.939. The van der Waals surface area contributed by atoms with Crippen molar-refractivity contribution in [3.05, 3.63) is 77.9 Å². The molecule has 3 atom stereocenters. The Labute approximate surface area is 147 Å². The summed E-state index contributed by atoms with van der Waals surface area (Å²) in [4.78, 5) is 12.6. The second-order valence-electron chi connectivity index (χ2n) is 6.89. The molecule has 25 heavy (non-hydrogen) atoms. The molecule has 1 saturated carbocycles. The average Bonchev–Trinajstić information content (AvgIpc) is 3.38. The minimum absolute atomic E-state index is 0.0636. The Morgan fingerprint density at radius 3 is 2.44 bits per heavy atom. The zero-order valence-electron chi connectivity index (χ0n) is 14.1. The van der Waals surface area contributed by atoms with Crippen molar-refractivity contribution in [1.29, 1.82) is 0 Å². The normalized spacial score (nSPS) is 20.2. The first-order valence-electron chi connectivity index (χ1n) is 8.71. The van der Waals surface area contributed by atoms with E-state index in [1.54, 1.807) is 6.07 Å². The minimum atomic E-state index is -0.368. The van der Waals surface area contributed by atoms with E-state index in [-0.39, 0.29) is 23.6 Å². The molecule has 0 aromatic heterocycles. The fourth-order valence-corrected chi connectivity index (χ4v) is 3.49. The molecule has 3 nitrogen and oxygen atoms in total. The lowest BCUT2D eigenvalue weighted by atomic mass is 9.92. The highest BCUT2D eigenvalue weighted by atomic mass is 16.3. The number of rotatable bonds is 4. The molecule has 1 aliphatic carbocycles. The fourth-order valence-electron chi connectivity index (χ4n) is 3.49. The Bertz CT molecular complexity index is 920. The van der Waals surface area contributed by atoms with Crippen LogP contribution in [0.5, 0.6) is 5.75 Å². The van der Waals surface area contributed by atoms with E-state index in [1.807, 2.05) is 60.7 Å². The summed E-state index contributed by atoms with van der Waals surface area (Å²) >= 11 is 0. The number of fused-ring (bicyclic) bond motifs is 1. The van der Waals surface area contributed by atoms with E-state index < -0.39 is 0 Å². The van der Waals surface area contributed by atoms with Crippen molar-refractivity contribution in [3.63, 3.8) is 0 Å². The first-order valence-corrected chi connectivity index (χ1v) is 8.71. The smallest absolute Gasteiger partial charge is 0.224 e. The number of carbonyl (C=O) groups is 1. The largest absolute Gasteiger partial charge is 0.508 e. The maximum absolute atomic E-state index is 12.6. The van der Waals surface area contributed by atoms with Crippen LogP contribution in [0.4, 0.5) is 0 Å². The van der Waals surface area contributed by atoms with Crippen molar-refractivity contribution in [1.82, 2.24) is 5.32 Å². The predicted molar refractivity (Wildman–Crippen MR) is 99.3 cm³/mol. The van der Waals surface area contributed by atoms with Gasteiger partial charge in [-0.3, -0.25) is 4.79 Å². The number of phenolic OH excluding ortho intramolecular Hbond substituents is 1. The first kappa shape index (κ1) is 15.7. The Kier molecular flexibility index (Phi) is 3.92. The lowest BCUT2D eigenvalue weighted by molar-refractivity contribution is -0.123. The molecule has 1 amide bonds. The minimum Gasteiger partial charge on any atom is -0.508 e. The molecule has 0 heterocycles. The van der Waals surface area contributed by atoms with Crippen molar-refractivity contribution in [2.24, 2.45) is 11.8 Å². The van der Waals surface area contributed by atoms with Gasteiger partial charge in [0.1, 0.15) is 5.75 Å². The van der Waals surface area contributed by atoms with Gasteiger partial charge < -0.3 is 10.4 Å². The van der Waals surface area contributed by atoms with Crippen LogP contribution in [-0.2, 0) is 4.79 Å². The molecule has 3 aromatic rings. The molecule has 126 valence electrons. The van der Waals surface area contributed by atoms with E-state index in [2.05, 4.69) is 12.2 Å². The molecule has 0 spiro atoms. The second kappa shape index (κ2) is 6.25. The lowest BCUT2D eigenvalue weighted by Crippen LogP contribution is -2.31. The maximum Gasteiger partial charge on any atom is 0.224 e. The summed E-state index contributed by atoms with van der Waals surface area (Å²) in [6.45, 7) is 2.09. The van der Waals surface area contributed by atoms with Crippen molar-refractivity contribution >= 4 is 16.7 Å². The van der Waals surface area contributed by atoms with Crippen LogP contribution in [0.25, 0.3) is 10.8 Å². The number of amides is 1. The molecule has 0 unspecified atom stereocenters. The third-order valence-corrected chi connectivity index (χ3v) is 5.10. The molecular weight excluding hydrogens is 310 g/mol. The van der Waals surface area contributed by atoms with Crippen molar-refractivity contribution in [2.75, 3.05) is 0 Å². The zero-order valence-corrected chi connectivity index (χ0v) is 14.1. The van der Waals surface area contributed by atoms with Gasteiger partial charge in [-0.25, -0.2) is 0 Å². The van der Waals surface area contributed by atoms with E-state index in [1.165, 1.54) is 0 Å². The summed E-state index contributed by atoms with van der Waals surface area (Å²) < 4.78 is 0. The van der Waals surface area contributed by atoms with Gasteiger partial charge in [-0.1, -0.05) is 67.6 Å². The van der Waals surface area contributed by atoms with Gasteiger partial charge in [-0.15, -0.1) is 0 Å². The van der Waals surface area contributed by atoms with Crippen LogP contribution in [0, 0.1) is 11.8 Å². The third-order valence-electron chi connectivity index (χ3n) is 5.10. The number of nitrogens with one attached hydrogen (secondary N) is 1. The maximum atomic E-state index is 12.6. The first-order chi connectivity index (χ1) is 12.1. The van der Waals surface area contributed by atoms with Crippen LogP contribution in [0.15, 0.2) is 66.7 Å². The fraction of sp³-hybridized carbons (Fsp3) is 0.227. The Morgan fingerprint density at radius 2 is 1.72 bits per heavy atom. The van der Waals surface area contributed by atoms with Crippen LogP contribution in [-0.4, -0.2) is 11.0 Å². The topological polar surface area (TPSA) is 49.3 Å². The quantitative estimate of drug-likeness (QED) is 0.744. The van der Waals surface area contributed by atoms with Crippen LogP contribution in [0.3, 0.4) is 0 Å². The summed E-state index contributed by atoms with van der Waals surface area (Å²) in [5, 5.41) is 15.8. The molecule has 2 N–H and O–H groups in total. The third kappa shape index (κ3) is 2.98. The lowest BCUT2D eigenvalue weighted by Gasteiger charge is -2.22. The highest BCUT2D eigenvalue weighted by molar-refractivity contribution is 5.90. The van der Waals surface area contributed by atoms with E-state index in [0.29, 0.717) is 5.92 Å². The van der Waals surface area contributed by atoms with Gasteiger partial charge in [-0.05, 0) is 34.7 Å². The monoisotopic (exact) mass is 331 g/mol. The SMILES string of the molecule is C[C@@H]1C[C@@H]1C(=O)N[C@@H](c1ccccc1)c1c(O)ccc2ccccc12. The summed E-state index contributed by atoms with van der Waals surface area (Å²) in [6, 6.07) is 21.0. The molecule has 0 radical (unpaired) electrons. The molecule has 0 bridgehead atoms. The van der Waals surface area contributed by atoms with Gasteiger partial charge in [-0.2, -0.15) is 0 Å². The summed E-state index contributed by atoms with van der Waals surface area (Å²) in [5.41, 5.74) is 1.72. The summed E-state index contributed by atoms with van der Waals surface area (Å²) in [5.74, 6) is 0.797. The van der Waals surface area contributed by atoms with E-state index in [4.69, 9.17) is 0 Å². The van der Waals surface area contributed by atoms with Crippen molar-refractivity contribution in [3.8, 4) is 5.75 Å². The average molecular weight is 331 g/mol. The van der Waals surface area contributed by atoms with Crippen LogP contribution < -0.4 is 5.32 Å². The molecule has 4 rings (SSSR count). The number of hydrogen-bond acceptors (Lipinski definition) is 2. The molecule has 1 aliphatic rings. The van der Waals surface area contributed by atoms with Gasteiger partial charge in [0, 0.05) is 11.5 Å². The highest BCUT2D eigenvalue weighted by Crippen LogP contribution is 2.40. The van der Waals surface area contributed by atoms with Gasteiger partial charge in [0.25, 0.3) is 0 Å². The van der Waals surface area contributed by atoms with Gasteiger partial charge in [0.2, 0.25) is 5.91 Å². The Morgan fingerprint density at radius 1 is 1.04 bits per heavy atom. The van der Waals surface area contributed by atoms with Crippen LogP contribution in [0.1, 0.15) is 30.5 Å². The van der Waals surface area contributed by atoms with Crippen molar-refractivity contribution < 1.29 is 9.90 Å². The van der Waals surface area contributed by atoms with E-state index in [9.17, 15) is 9.90 Å². The number of benzene rings is 3. The van der Waals surface area contributed by atoms with Gasteiger partial charge >= 0.3 is 0 Å². The van der Waals surface area contributed by atoms with E-state index in [0.717, 1.165) is 28.3 Å². The molecule has 1 fully saturated rings. The number of phenols is 1. The molecule has 0 saturated heterocycles. The number of carbonyl (C=O) groups excluding carboxylic acids is 1.